The molecule has 0 radical (unpaired) electrons. The Hall–Kier alpha value is -0.820. The largest absolute Gasteiger partial charge is 0.493 e. The van der Waals surface area contributed by atoms with Crippen molar-refractivity contribution in [3.63, 3.8) is 0 Å². The van der Waals surface area contributed by atoms with E-state index in [-0.39, 0.29) is 0 Å². The topological polar surface area (TPSA) is 60.0 Å². The summed E-state index contributed by atoms with van der Waals surface area (Å²) in [5.41, 5.74) is 1.04. The Morgan fingerprint density at radius 2 is 2.00 bits per heavy atom. The molecule has 108 valence electrons. The van der Waals surface area contributed by atoms with E-state index in [1.165, 1.54) is 0 Å². The van der Waals surface area contributed by atoms with Crippen LogP contribution in [0.15, 0.2) is 16.6 Å². The van der Waals surface area contributed by atoms with E-state index >= 15 is 0 Å². The number of rotatable bonds is 8. The molecule has 1 unspecified atom stereocenters. The monoisotopic (exact) mass is 333 g/mol. The molecule has 0 saturated carbocycles. The van der Waals surface area contributed by atoms with E-state index < -0.39 is 6.10 Å². The van der Waals surface area contributed by atoms with Crippen LogP contribution in [0, 0.1) is 0 Å². The molecule has 0 heterocycles. The molecule has 0 bridgehead atoms. The maximum Gasteiger partial charge on any atom is 0.174 e. The smallest absolute Gasteiger partial charge is 0.174 e. The predicted octanol–water partition coefficient (Wildman–Crippen LogP) is 1.56. The van der Waals surface area contributed by atoms with Crippen LogP contribution in [0.4, 0.5) is 0 Å². The zero-order valence-electron chi connectivity index (χ0n) is 11.4. The molecule has 2 N–H and O–H groups in total. The fourth-order valence-corrected chi connectivity index (χ4v) is 2.36. The van der Waals surface area contributed by atoms with E-state index in [1.54, 1.807) is 21.3 Å². The molecular weight excluding hydrogens is 314 g/mol. The lowest BCUT2D eigenvalue weighted by atomic mass is 10.2. The number of halogens is 1. The molecule has 6 heteroatoms. The average Bonchev–Trinajstić information content (AvgIpc) is 2.38. The molecular formula is C13H20BrNO4. The third-order valence-corrected chi connectivity index (χ3v) is 3.15. The Labute approximate surface area is 122 Å². The predicted molar refractivity (Wildman–Crippen MR) is 76.8 cm³/mol. The first-order valence-electron chi connectivity index (χ1n) is 5.90. The van der Waals surface area contributed by atoms with Gasteiger partial charge in [-0.1, -0.05) is 0 Å². The molecule has 0 spiro atoms. The maximum absolute atomic E-state index is 9.52. The van der Waals surface area contributed by atoms with Crippen LogP contribution in [0.1, 0.15) is 5.56 Å². The third kappa shape index (κ3) is 4.99. The van der Waals surface area contributed by atoms with Gasteiger partial charge in [0.05, 0.1) is 31.4 Å². The minimum Gasteiger partial charge on any atom is -0.493 e. The summed E-state index contributed by atoms with van der Waals surface area (Å²) in [6.07, 6.45) is -0.506. The number of ether oxygens (including phenoxy) is 3. The van der Waals surface area contributed by atoms with Crippen LogP contribution in [0.3, 0.4) is 0 Å². The van der Waals surface area contributed by atoms with Crippen LogP contribution in [-0.2, 0) is 11.3 Å². The molecule has 19 heavy (non-hydrogen) atoms. The van der Waals surface area contributed by atoms with Crippen LogP contribution in [0.2, 0.25) is 0 Å². The molecule has 0 aliphatic rings. The van der Waals surface area contributed by atoms with E-state index in [2.05, 4.69) is 21.2 Å². The van der Waals surface area contributed by atoms with E-state index in [0.29, 0.717) is 31.2 Å². The SMILES string of the molecule is COCC(O)CNCc1cc(Br)c(OC)c(OC)c1. The Morgan fingerprint density at radius 3 is 2.58 bits per heavy atom. The van der Waals surface area contributed by atoms with Gasteiger partial charge in [0.15, 0.2) is 11.5 Å². The number of hydrogen-bond donors (Lipinski definition) is 2. The second kappa shape index (κ2) is 8.37. The van der Waals surface area contributed by atoms with Gasteiger partial charge in [-0.3, -0.25) is 0 Å². The lowest BCUT2D eigenvalue weighted by molar-refractivity contribution is 0.0644. The molecule has 0 saturated heterocycles. The van der Waals surface area contributed by atoms with Crippen molar-refractivity contribution in [2.24, 2.45) is 0 Å². The van der Waals surface area contributed by atoms with Crippen molar-refractivity contribution >= 4 is 15.9 Å². The van der Waals surface area contributed by atoms with Gasteiger partial charge >= 0.3 is 0 Å². The molecule has 0 amide bonds. The van der Waals surface area contributed by atoms with E-state index in [1.807, 2.05) is 12.1 Å². The number of aliphatic hydroxyl groups is 1. The number of methoxy groups -OCH3 is 3. The summed E-state index contributed by atoms with van der Waals surface area (Å²) < 4.78 is 16.2. The van der Waals surface area contributed by atoms with Crippen molar-refractivity contribution in [3.05, 3.63) is 22.2 Å². The molecule has 5 nitrogen and oxygen atoms in total. The molecule has 1 rings (SSSR count). The van der Waals surface area contributed by atoms with Crippen LogP contribution in [-0.4, -0.2) is 45.7 Å². The van der Waals surface area contributed by atoms with Crippen molar-refractivity contribution < 1.29 is 19.3 Å². The zero-order valence-corrected chi connectivity index (χ0v) is 13.0. The summed E-state index contributed by atoms with van der Waals surface area (Å²) in [5, 5.41) is 12.7. The van der Waals surface area contributed by atoms with Crippen LogP contribution < -0.4 is 14.8 Å². The fourth-order valence-electron chi connectivity index (χ4n) is 1.71. The normalized spacial score (nSPS) is 12.3. The first kappa shape index (κ1) is 16.2. The summed E-state index contributed by atoms with van der Waals surface area (Å²) in [5.74, 6) is 1.34. The van der Waals surface area contributed by atoms with Gasteiger partial charge in [-0.2, -0.15) is 0 Å². The molecule has 0 aromatic heterocycles. The van der Waals surface area contributed by atoms with Gasteiger partial charge in [0, 0.05) is 20.2 Å². The molecule has 1 aromatic rings. The lowest BCUT2D eigenvalue weighted by Crippen LogP contribution is -2.29. The summed E-state index contributed by atoms with van der Waals surface area (Å²) in [4.78, 5) is 0. The average molecular weight is 334 g/mol. The Bertz CT molecular complexity index is 400. The molecule has 1 atom stereocenters. The lowest BCUT2D eigenvalue weighted by Gasteiger charge is -2.14. The molecule has 0 aliphatic heterocycles. The number of nitrogens with one attached hydrogen (secondary N) is 1. The second-order valence-electron chi connectivity index (χ2n) is 4.05. The minimum absolute atomic E-state index is 0.322. The summed E-state index contributed by atoms with van der Waals surface area (Å²) in [6.45, 7) is 1.42. The van der Waals surface area contributed by atoms with E-state index in [9.17, 15) is 5.11 Å². The van der Waals surface area contributed by atoms with Gasteiger partial charge in [0.1, 0.15) is 0 Å². The number of hydrogen-bond acceptors (Lipinski definition) is 5. The Kier molecular flexibility index (Phi) is 7.15. The molecule has 0 aliphatic carbocycles. The van der Waals surface area contributed by atoms with Crippen LogP contribution >= 0.6 is 15.9 Å². The van der Waals surface area contributed by atoms with Crippen molar-refractivity contribution in [2.75, 3.05) is 34.5 Å². The van der Waals surface area contributed by atoms with Crippen LogP contribution in [0.25, 0.3) is 0 Å². The van der Waals surface area contributed by atoms with Crippen molar-refractivity contribution in [1.82, 2.24) is 5.32 Å². The highest BCUT2D eigenvalue weighted by molar-refractivity contribution is 9.10. The molecule has 1 aromatic carbocycles. The Balaban J connectivity index is 2.62. The highest BCUT2D eigenvalue weighted by Crippen LogP contribution is 2.36. The van der Waals surface area contributed by atoms with Gasteiger partial charge in [-0.25, -0.2) is 0 Å². The highest BCUT2D eigenvalue weighted by Gasteiger charge is 2.10. The quantitative estimate of drug-likeness (QED) is 0.756. The number of aliphatic hydroxyl groups excluding tert-OH is 1. The first-order valence-corrected chi connectivity index (χ1v) is 6.69. The minimum atomic E-state index is -0.506. The van der Waals surface area contributed by atoms with E-state index in [4.69, 9.17) is 14.2 Å². The summed E-state index contributed by atoms with van der Waals surface area (Å²) in [6, 6.07) is 3.86. The highest BCUT2D eigenvalue weighted by atomic mass is 79.9. The van der Waals surface area contributed by atoms with Crippen molar-refractivity contribution in [1.29, 1.82) is 0 Å². The fraction of sp³-hybridized carbons (Fsp3) is 0.538. The van der Waals surface area contributed by atoms with Crippen LogP contribution in [0.5, 0.6) is 11.5 Å². The van der Waals surface area contributed by atoms with Gasteiger partial charge < -0.3 is 24.6 Å². The van der Waals surface area contributed by atoms with Gasteiger partial charge in [-0.15, -0.1) is 0 Å². The van der Waals surface area contributed by atoms with Crippen molar-refractivity contribution in [3.8, 4) is 11.5 Å². The third-order valence-electron chi connectivity index (χ3n) is 2.56. The van der Waals surface area contributed by atoms with Gasteiger partial charge in [0.25, 0.3) is 0 Å². The summed E-state index contributed by atoms with van der Waals surface area (Å²) >= 11 is 3.44. The van der Waals surface area contributed by atoms with E-state index in [0.717, 1.165) is 10.0 Å². The Morgan fingerprint density at radius 1 is 1.26 bits per heavy atom. The number of benzene rings is 1. The van der Waals surface area contributed by atoms with Crippen molar-refractivity contribution in [2.45, 2.75) is 12.6 Å². The second-order valence-corrected chi connectivity index (χ2v) is 4.91. The molecule has 0 fully saturated rings. The first-order chi connectivity index (χ1) is 9.12. The summed E-state index contributed by atoms with van der Waals surface area (Å²) in [7, 11) is 4.76. The maximum atomic E-state index is 9.52. The zero-order chi connectivity index (χ0) is 14.3. The van der Waals surface area contributed by atoms with Gasteiger partial charge in [-0.05, 0) is 33.6 Å². The van der Waals surface area contributed by atoms with Gasteiger partial charge in [0.2, 0.25) is 0 Å². The standard InChI is InChI=1S/C13H20BrNO4/c1-17-8-10(16)7-15-6-9-4-11(14)13(19-3)12(5-9)18-2/h4-5,10,15-16H,6-8H2,1-3H3.